The first-order valence-corrected chi connectivity index (χ1v) is 10.7. The first-order valence-electron chi connectivity index (χ1n) is 9.45. The number of likely N-dealkylation sites (N-methyl/N-ethyl adjacent to an activating group) is 1. The molecule has 6 heteroatoms. The Balaban J connectivity index is 1.97. The molecule has 0 saturated heterocycles. The number of hydrogen-bond acceptors (Lipinski definition) is 4. The fraction of sp³-hybridized carbons (Fsp3) is 0.261. The molecule has 150 valence electrons. The lowest BCUT2D eigenvalue weighted by molar-refractivity contribution is 0.383. The molecule has 2 aromatic heterocycles. The van der Waals surface area contributed by atoms with Crippen LogP contribution in [0.2, 0.25) is 5.02 Å². The van der Waals surface area contributed by atoms with Gasteiger partial charge in [-0.3, -0.25) is 4.79 Å². The van der Waals surface area contributed by atoms with Crippen molar-refractivity contribution in [3.63, 3.8) is 0 Å². The standard InChI is InChI=1S/C23H23ClN2O2S/c1-13(12-26(2)3)14-5-7-15(8-6-14)19-18(28-4)11-17(24)21-20(19)16-9-10-29-22(16)23(27)25-21/h5-11,13H,12H2,1-4H3,(H,25,27)/t13-/m0/s1. The van der Waals surface area contributed by atoms with Gasteiger partial charge >= 0.3 is 0 Å². The Morgan fingerprint density at radius 2 is 1.93 bits per heavy atom. The van der Waals surface area contributed by atoms with Crippen molar-refractivity contribution in [2.75, 3.05) is 27.7 Å². The van der Waals surface area contributed by atoms with Gasteiger partial charge in [0, 0.05) is 28.9 Å². The summed E-state index contributed by atoms with van der Waals surface area (Å²) in [5, 5.41) is 4.22. The first kappa shape index (κ1) is 20.0. The van der Waals surface area contributed by atoms with Gasteiger partial charge in [-0.15, -0.1) is 11.3 Å². The molecule has 0 fully saturated rings. The monoisotopic (exact) mass is 426 g/mol. The van der Waals surface area contributed by atoms with Gasteiger partial charge in [-0.05, 0) is 42.6 Å². The number of nitrogens with zero attached hydrogens (tertiary/aromatic N) is 1. The average Bonchev–Trinajstić information content (AvgIpc) is 3.19. The molecular weight excluding hydrogens is 404 g/mol. The van der Waals surface area contributed by atoms with E-state index < -0.39 is 0 Å². The highest BCUT2D eigenvalue weighted by molar-refractivity contribution is 7.17. The number of benzene rings is 2. The van der Waals surface area contributed by atoms with Crippen LogP contribution in [0.1, 0.15) is 18.4 Å². The Morgan fingerprint density at radius 3 is 2.59 bits per heavy atom. The molecule has 0 bridgehead atoms. The van der Waals surface area contributed by atoms with Crippen LogP contribution in [0, 0.1) is 0 Å². The molecule has 0 aliphatic rings. The highest BCUT2D eigenvalue weighted by Gasteiger charge is 2.19. The van der Waals surface area contributed by atoms with Crippen LogP contribution in [-0.2, 0) is 0 Å². The molecule has 1 atom stereocenters. The van der Waals surface area contributed by atoms with Crippen LogP contribution >= 0.6 is 22.9 Å². The molecule has 0 aliphatic heterocycles. The van der Waals surface area contributed by atoms with Gasteiger partial charge in [0.05, 0.1) is 17.6 Å². The summed E-state index contributed by atoms with van der Waals surface area (Å²) in [6, 6.07) is 12.3. The maximum atomic E-state index is 12.5. The topological polar surface area (TPSA) is 45.3 Å². The van der Waals surface area contributed by atoms with Gasteiger partial charge in [-0.2, -0.15) is 0 Å². The third-order valence-corrected chi connectivity index (χ3v) is 6.46. The van der Waals surface area contributed by atoms with E-state index >= 15 is 0 Å². The summed E-state index contributed by atoms with van der Waals surface area (Å²) in [6.07, 6.45) is 0. The third kappa shape index (κ3) is 3.54. The number of halogens is 1. The van der Waals surface area contributed by atoms with Gasteiger partial charge in [0.1, 0.15) is 10.4 Å². The molecule has 4 aromatic rings. The second-order valence-corrected chi connectivity index (χ2v) is 8.91. The van der Waals surface area contributed by atoms with Crippen molar-refractivity contribution in [3.8, 4) is 16.9 Å². The van der Waals surface area contributed by atoms with Crippen molar-refractivity contribution in [2.45, 2.75) is 12.8 Å². The number of ether oxygens (including phenoxy) is 1. The van der Waals surface area contributed by atoms with Crippen molar-refractivity contribution in [3.05, 3.63) is 62.7 Å². The maximum Gasteiger partial charge on any atom is 0.266 e. The lowest BCUT2D eigenvalue weighted by atomic mass is 9.94. The number of aromatic amines is 1. The molecular formula is C23H23ClN2O2S. The normalized spacial score (nSPS) is 12.8. The summed E-state index contributed by atoms with van der Waals surface area (Å²) in [7, 11) is 5.82. The van der Waals surface area contributed by atoms with Gasteiger partial charge in [0.15, 0.2) is 0 Å². The summed E-state index contributed by atoms with van der Waals surface area (Å²) < 4.78 is 6.39. The summed E-state index contributed by atoms with van der Waals surface area (Å²) in [4.78, 5) is 17.6. The van der Waals surface area contributed by atoms with Crippen molar-refractivity contribution in [1.82, 2.24) is 9.88 Å². The van der Waals surface area contributed by atoms with E-state index in [1.165, 1.54) is 16.9 Å². The van der Waals surface area contributed by atoms with Gasteiger partial charge in [-0.25, -0.2) is 0 Å². The first-order chi connectivity index (χ1) is 13.9. The summed E-state index contributed by atoms with van der Waals surface area (Å²) in [5.74, 6) is 1.12. The second-order valence-electron chi connectivity index (χ2n) is 7.59. The number of aromatic nitrogens is 1. The number of pyridine rings is 1. The minimum atomic E-state index is -0.117. The number of methoxy groups -OCH3 is 1. The quantitative estimate of drug-likeness (QED) is 0.442. The molecule has 0 spiro atoms. The van der Waals surface area contributed by atoms with Crippen LogP contribution in [0.3, 0.4) is 0 Å². The minimum absolute atomic E-state index is 0.117. The highest BCUT2D eigenvalue weighted by Crippen LogP contribution is 2.43. The zero-order valence-electron chi connectivity index (χ0n) is 16.9. The maximum absolute atomic E-state index is 12.5. The highest BCUT2D eigenvalue weighted by atomic mass is 35.5. The minimum Gasteiger partial charge on any atom is -0.496 e. The van der Waals surface area contributed by atoms with E-state index in [1.807, 2.05) is 11.4 Å². The van der Waals surface area contributed by atoms with E-state index in [2.05, 4.69) is 55.2 Å². The molecule has 1 N–H and O–H groups in total. The van der Waals surface area contributed by atoms with E-state index in [0.29, 0.717) is 26.9 Å². The Morgan fingerprint density at radius 1 is 1.21 bits per heavy atom. The number of rotatable bonds is 5. The van der Waals surface area contributed by atoms with Gasteiger partial charge in [-0.1, -0.05) is 42.8 Å². The van der Waals surface area contributed by atoms with Crippen molar-refractivity contribution < 1.29 is 4.74 Å². The van der Waals surface area contributed by atoms with E-state index in [4.69, 9.17) is 16.3 Å². The van der Waals surface area contributed by atoms with E-state index in [0.717, 1.165) is 28.4 Å². The largest absolute Gasteiger partial charge is 0.496 e. The lowest BCUT2D eigenvalue weighted by Gasteiger charge is -2.18. The van der Waals surface area contributed by atoms with Crippen LogP contribution in [-0.4, -0.2) is 37.6 Å². The van der Waals surface area contributed by atoms with Crippen molar-refractivity contribution >= 4 is 43.9 Å². The van der Waals surface area contributed by atoms with E-state index in [9.17, 15) is 4.79 Å². The second kappa shape index (κ2) is 7.82. The third-order valence-electron chi connectivity index (χ3n) is 5.25. The van der Waals surface area contributed by atoms with Gasteiger partial charge < -0.3 is 14.6 Å². The van der Waals surface area contributed by atoms with Crippen LogP contribution in [0.25, 0.3) is 32.1 Å². The smallest absolute Gasteiger partial charge is 0.266 e. The molecule has 29 heavy (non-hydrogen) atoms. The van der Waals surface area contributed by atoms with Crippen LogP contribution in [0.4, 0.5) is 0 Å². The molecule has 4 rings (SSSR count). The zero-order chi connectivity index (χ0) is 20.7. The lowest BCUT2D eigenvalue weighted by Crippen LogP contribution is -2.18. The number of nitrogens with one attached hydrogen (secondary N) is 1. The van der Waals surface area contributed by atoms with Crippen LogP contribution < -0.4 is 10.3 Å². The Labute approximate surface area is 178 Å². The molecule has 0 radical (unpaired) electrons. The predicted octanol–water partition coefficient (Wildman–Crippen LogP) is 5.74. The van der Waals surface area contributed by atoms with Crippen molar-refractivity contribution in [2.24, 2.45) is 0 Å². The Bertz CT molecular complexity index is 1240. The zero-order valence-corrected chi connectivity index (χ0v) is 18.4. The molecule has 0 aliphatic carbocycles. The fourth-order valence-electron chi connectivity index (χ4n) is 3.95. The molecule has 2 aromatic carbocycles. The Hall–Kier alpha value is -2.34. The number of H-pyrrole nitrogens is 1. The van der Waals surface area contributed by atoms with Crippen LogP contribution in [0.15, 0.2) is 46.6 Å². The molecule has 2 heterocycles. The summed E-state index contributed by atoms with van der Waals surface area (Å²) in [6.45, 7) is 3.22. The molecule has 0 saturated carbocycles. The van der Waals surface area contributed by atoms with Crippen LogP contribution in [0.5, 0.6) is 5.75 Å². The summed E-state index contributed by atoms with van der Waals surface area (Å²) >= 11 is 7.94. The summed E-state index contributed by atoms with van der Waals surface area (Å²) in [5.41, 5.74) is 3.78. The molecule has 0 amide bonds. The number of thiophene rings is 1. The van der Waals surface area contributed by atoms with Crippen molar-refractivity contribution in [1.29, 1.82) is 0 Å². The van der Waals surface area contributed by atoms with Gasteiger partial charge in [0.2, 0.25) is 0 Å². The number of hydrogen-bond donors (Lipinski definition) is 1. The van der Waals surface area contributed by atoms with E-state index in [1.54, 1.807) is 13.2 Å². The number of fused-ring (bicyclic) bond motifs is 3. The van der Waals surface area contributed by atoms with Gasteiger partial charge in [0.25, 0.3) is 5.56 Å². The average molecular weight is 427 g/mol. The Kier molecular flexibility index (Phi) is 5.38. The fourth-order valence-corrected chi connectivity index (χ4v) is 4.99. The molecule has 4 nitrogen and oxygen atoms in total. The SMILES string of the molecule is COc1cc(Cl)c2[nH]c(=O)c3sccc3c2c1-c1ccc([C@@H](C)CN(C)C)cc1. The molecule has 0 unspecified atom stereocenters. The predicted molar refractivity (Wildman–Crippen MR) is 124 cm³/mol. The van der Waals surface area contributed by atoms with E-state index in [-0.39, 0.29) is 5.56 Å².